The highest BCUT2D eigenvalue weighted by Gasteiger charge is 2.29. The van der Waals surface area contributed by atoms with Gasteiger partial charge in [0.1, 0.15) is 9.84 Å². The maximum Gasteiger partial charge on any atom is 0.221 e. The quantitative estimate of drug-likeness (QED) is 0.739. The number of ether oxygens (including phenoxy) is 2. The van der Waals surface area contributed by atoms with E-state index in [9.17, 15) is 13.2 Å². The molecular formula is C14H25NO5S. The summed E-state index contributed by atoms with van der Waals surface area (Å²) in [5.74, 6) is 0.280. The summed E-state index contributed by atoms with van der Waals surface area (Å²) >= 11 is 0. The molecule has 0 bridgehead atoms. The minimum Gasteiger partial charge on any atom is -0.379 e. The molecular weight excluding hydrogens is 294 g/mol. The summed E-state index contributed by atoms with van der Waals surface area (Å²) in [6.45, 7) is 1.82. The number of carbonyl (C=O) groups excluding carboxylic acids is 1. The first-order valence-electron chi connectivity index (χ1n) is 7.60. The lowest BCUT2D eigenvalue weighted by atomic mass is 9.86. The van der Waals surface area contributed by atoms with Crippen molar-refractivity contribution in [3.63, 3.8) is 0 Å². The van der Waals surface area contributed by atoms with Crippen LogP contribution in [0.1, 0.15) is 32.1 Å². The van der Waals surface area contributed by atoms with Gasteiger partial charge in [-0.1, -0.05) is 6.42 Å². The molecule has 0 aromatic carbocycles. The Morgan fingerprint density at radius 2 is 2.10 bits per heavy atom. The van der Waals surface area contributed by atoms with Gasteiger partial charge >= 0.3 is 0 Å². The molecule has 2 aliphatic rings. The maximum atomic E-state index is 11.8. The SMILES string of the molecule is CS(=O)(=O)CCC(=O)N[C@@H]1COCC[C@@H]1OCC1CCC1. The molecule has 21 heavy (non-hydrogen) atoms. The second-order valence-corrected chi connectivity index (χ2v) is 8.35. The van der Waals surface area contributed by atoms with Gasteiger partial charge in [-0.2, -0.15) is 0 Å². The fourth-order valence-corrected chi connectivity index (χ4v) is 3.08. The van der Waals surface area contributed by atoms with Crippen LogP contribution in [0.2, 0.25) is 0 Å². The van der Waals surface area contributed by atoms with E-state index in [0.717, 1.165) is 19.3 Å². The molecule has 2 fully saturated rings. The topological polar surface area (TPSA) is 81.7 Å². The fourth-order valence-electron chi connectivity index (χ4n) is 2.53. The molecule has 1 aliphatic heterocycles. The summed E-state index contributed by atoms with van der Waals surface area (Å²) in [5, 5.41) is 2.85. The predicted molar refractivity (Wildman–Crippen MR) is 78.8 cm³/mol. The molecule has 0 radical (unpaired) electrons. The van der Waals surface area contributed by atoms with Crippen LogP contribution in [0.25, 0.3) is 0 Å². The van der Waals surface area contributed by atoms with Crippen LogP contribution < -0.4 is 5.32 Å². The number of sulfone groups is 1. The van der Waals surface area contributed by atoms with E-state index in [1.54, 1.807) is 0 Å². The summed E-state index contributed by atoms with van der Waals surface area (Å²) in [4.78, 5) is 11.8. The maximum absolute atomic E-state index is 11.8. The van der Waals surface area contributed by atoms with E-state index >= 15 is 0 Å². The Balaban J connectivity index is 1.76. The number of hydrogen-bond acceptors (Lipinski definition) is 5. The Kier molecular flexibility index (Phi) is 6.01. The fraction of sp³-hybridized carbons (Fsp3) is 0.929. The standard InChI is InChI=1S/C14H25NO5S/c1-21(17,18)8-6-14(16)15-12-10-19-7-5-13(12)20-9-11-3-2-4-11/h11-13H,2-10H2,1H3,(H,15,16)/t12-,13+/m1/s1. The number of rotatable bonds is 7. The molecule has 0 aromatic rings. The van der Waals surface area contributed by atoms with E-state index in [1.165, 1.54) is 19.3 Å². The van der Waals surface area contributed by atoms with E-state index in [2.05, 4.69) is 5.32 Å². The van der Waals surface area contributed by atoms with Crippen molar-refractivity contribution in [3.05, 3.63) is 0 Å². The van der Waals surface area contributed by atoms with Gasteiger partial charge in [0.05, 0.1) is 24.5 Å². The number of nitrogens with one attached hydrogen (secondary N) is 1. The molecule has 1 N–H and O–H groups in total. The van der Waals surface area contributed by atoms with Gasteiger partial charge in [-0.25, -0.2) is 8.42 Å². The van der Waals surface area contributed by atoms with Crippen LogP contribution in [-0.2, 0) is 24.1 Å². The Morgan fingerprint density at radius 1 is 1.33 bits per heavy atom. The van der Waals surface area contributed by atoms with Gasteiger partial charge in [0.25, 0.3) is 0 Å². The molecule has 6 nitrogen and oxygen atoms in total. The van der Waals surface area contributed by atoms with E-state index in [4.69, 9.17) is 9.47 Å². The van der Waals surface area contributed by atoms with Crippen molar-refractivity contribution < 1.29 is 22.7 Å². The molecule has 1 saturated heterocycles. The largest absolute Gasteiger partial charge is 0.379 e. The van der Waals surface area contributed by atoms with Crippen LogP contribution in [0.15, 0.2) is 0 Å². The molecule has 0 aromatic heterocycles. The normalized spacial score (nSPS) is 27.1. The van der Waals surface area contributed by atoms with Crippen LogP contribution in [-0.4, -0.2) is 58.3 Å². The highest BCUT2D eigenvalue weighted by Crippen LogP contribution is 2.27. The lowest BCUT2D eigenvalue weighted by Crippen LogP contribution is -2.51. The summed E-state index contributed by atoms with van der Waals surface area (Å²) in [5.41, 5.74) is 0. The highest BCUT2D eigenvalue weighted by atomic mass is 32.2. The highest BCUT2D eigenvalue weighted by molar-refractivity contribution is 7.90. The van der Waals surface area contributed by atoms with Crippen molar-refractivity contribution in [1.29, 1.82) is 0 Å². The van der Waals surface area contributed by atoms with Crippen molar-refractivity contribution in [2.45, 2.75) is 44.2 Å². The summed E-state index contributed by atoms with van der Waals surface area (Å²) < 4.78 is 33.5. The smallest absolute Gasteiger partial charge is 0.221 e. The molecule has 122 valence electrons. The summed E-state index contributed by atoms with van der Waals surface area (Å²) in [6, 6.07) is -0.175. The van der Waals surface area contributed by atoms with E-state index in [1.807, 2.05) is 0 Å². The lowest BCUT2D eigenvalue weighted by molar-refractivity contribution is -0.126. The van der Waals surface area contributed by atoms with Crippen molar-refractivity contribution in [1.82, 2.24) is 5.32 Å². The summed E-state index contributed by atoms with van der Waals surface area (Å²) in [6.07, 6.45) is 5.61. The van der Waals surface area contributed by atoms with Gasteiger partial charge in [-0.05, 0) is 25.2 Å². The molecule has 2 atom stereocenters. The molecule has 1 saturated carbocycles. The van der Waals surface area contributed by atoms with E-state index < -0.39 is 9.84 Å². The number of amides is 1. The third-order valence-electron chi connectivity index (χ3n) is 4.11. The van der Waals surface area contributed by atoms with Crippen LogP contribution >= 0.6 is 0 Å². The second kappa shape index (κ2) is 7.56. The average Bonchev–Trinajstić information content (AvgIpc) is 2.36. The van der Waals surface area contributed by atoms with Gasteiger partial charge in [0.2, 0.25) is 5.91 Å². The van der Waals surface area contributed by atoms with Gasteiger partial charge in [-0.15, -0.1) is 0 Å². The molecule has 2 rings (SSSR count). The predicted octanol–water partition coefficient (Wildman–Crippen LogP) is 0.512. The molecule has 0 unspecified atom stereocenters. The Morgan fingerprint density at radius 3 is 2.71 bits per heavy atom. The second-order valence-electron chi connectivity index (χ2n) is 6.09. The van der Waals surface area contributed by atoms with Crippen molar-refractivity contribution >= 4 is 15.7 Å². The summed E-state index contributed by atoms with van der Waals surface area (Å²) in [7, 11) is -3.11. The van der Waals surface area contributed by atoms with Crippen molar-refractivity contribution in [3.8, 4) is 0 Å². The first-order valence-corrected chi connectivity index (χ1v) is 9.66. The zero-order valence-electron chi connectivity index (χ0n) is 12.5. The lowest BCUT2D eigenvalue weighted by Gasteiger charge is -2.34. The van der Waals surface area contributed by atoms with Gasteiger partial charge in [0.15, 0.2) is 0 Å². The van der Waals surface area contributed by atoms with Gasteiger partial charge < -0.3 is 14.8 Å². The van der Waals surface area contributed by atoms with Crippen LogP contribution in [0.3, 0.4) is 0 Å². The molecule has 0 spiro atoms. The minimum absolute atomic E-state index is 0.00925. The molecule has 7 heteroatoms. The van der Waals surface area contributed by atoms with Gasteiger partial charge in [-0.3, -0.25) is 4.79 Å². The zero-order valence-corrected chi connectivity index (χ0v) is 13.4. The van der Waals surface area contributed by atoms with Crippen LogP contribution in [0, 0.1) is 5.92 Å². The number of carbonyl (C=O) groups is 1. The average molecular weight is 319 g/mol. The Labute approximate surface area is 126 Å². The molecule has 1 amide bonds. The molecule has 1 heterocycles. The molecule has 1 aliphatic carbocycles. The first-order chi connectivity index (χ1) is 9.94. The van der Waals surface area contributed by atoms with Crippen molar-refractivity contribution in [2.75, 3.05) is 31.8 Å². The van der Waals surface area contributed by atoms with Gasteiger partial charge in [0, 0.05) is 25.9 Å². The van der Waals surface area contributed by atoms with E-state index in [-0.39, 0.29) is 30.2 Å². The van der Waals surface area contributed by atoms with Crippen LogP contribution in [0.4, 0.5) is 0 Å². The number of hydrogen-bond donors (Lipinski definition) is 1. The third-order valence-corrected chi connectivity index (χ3v) is 5.06. The zero-order chi connectivity index (χ0) is 15.3. The van der Waals surface area contributed by atoms with Crippen molar-refractivity contribution in [2.24, 2.45) is 5.92 Å². The van der Waals surface area contributed by atoms with Crippen LogP contribution in [0.5, 0.6) is 0 Å². The minimum atomic E-state index is -3.11. The Hall–Kier alpha value is -0.660. The monoisotopic (exact) mass is 319 g/mol. The van der Waals surface area contributed by atoms with E-state index in [0.29, 0.717) is 19.1 Å². The third kappa shape index (κ3) is 5.92. The first kappa shape index (κ1) is 16.7. The Bertz CT molecular complexity index is 446.